The topological polar surface area (TPSA) is 109 Å². The van der Waals surface area contributed by atoms with Gasteiger partial charge in [-0.3, -0.25) is 14.9 Å². The van der Waals surface area contributed by atoms with Crippen LogP contribution in [-0.4, -0.2) is 32.2 Å². The first kappa shape index (κ1) is 22.4. The Morgan fingerprint density at radius 3 is 2.19 bits per heavy atom. The second kappa shape index (κ2) is 10.2. The quantitative estimate of drug-likeness (QED) is 0.391. The van der Waals surface area contributed by atoms with Gasteiger partial charge in [-0.2, -0.15) is 0 Å². The van der Waals surface area contributed by atoms with Crippen molar-refractivity contribution in [2.75, 3.05) is 21.3 Å². The minimum absolute atomic E-state index is 0.0276. The van der Waals surface area contributed by atoms with E-state index in [1.807, 2.05) is 36.4 Å². The van der Waals surface area contributed by atoms with Gasteiger partial charge in [0, 0.05) is 18.2 Å². The fourth-order valence-corrected chi connectivity index (χ4v) is 3.13. The van der Waals surface area contributed by atoms with Crippen molar-refractivity contribution in [3.8, 4) is 28.7 Å². The van der Waals surface area contributed by atoms with E-state index in [1.54, 1.807) is 18.2 Å². The van der Waals surface area contributed by atoms with E-state index in [0.717, 1.165) is 0 Å². The molecular formula is C23H22N2O7. The van der Waals surface area contributed by atoms with Crippen molar-refractivity contribution in [3.05, 3.63) is 81.9 Å². The Kier molecular flexibility index (Phi) is 7.12. The first-order valence-corrected chi connectivity index (χ1v) is 9.56. The highest BCUT2D eigenvalue weighted by atomic mass is 16.6. The van der Waals surface area contributed by atoms with E-state index in [-0.39, 0.29) is 29.4 Å². The number of carbonyl (C=O) groups is 1. The lowest BCUT2D eigenvalue weighted by Crippen LogP contribution is -2.24. The third-order valence-corrected chi connectivity index (χ3v) is 4.61. The molecule has 0 radical (unpaired) electrons. The van der Waals surface area contributed by atoms with Gasteiger partial charge in [-0.1, -0.05) is 36.4 Å². The van der Waals surface area contributed by atoms with Crippen LogP contribution >= 0.6 is 0 Å². The molecule has 1 amide bonds. The maximum Gasteiger partial charge on any atom is 0.327 e. The van der Waals surface area contributed by atoms with Gasteiger partial charge in [-0.15, -0.1) is 0 Å². The summed E-state index contributed by atoms with van der Waals surface area (Å²) in [7, 11) is 3.94. The number of methoxy groups -OCH3 is 3. The van der Waals surface area contributed by atoms with E-state index in [9.17, 15) is 14.9 Å². The van der Waals surface area contributed by atoms with Crippen molar-refractivity contribution in [2.24, 2.45) is 0 Å². The summed E-state index contributed by atoms with van der Waals surface area (Å²) >= 11 is 0. The standard InChI is InChI=1S/C23H22N2O7/c1-29-19-13-17(20(25(27)28)22(31-3)21(19)30-2)23(26)24-14-15-9-7-8-12-18(15)32-16-10-5-4-6-11-16/h4-13H,14H2,1-3H3,(H,24,26). The lowest BCUT2D eigenvalue weighted by molar-refractivity contribution is -0.386. The number of carbonyl (C=O) groups excluding carboxylic acids is 1. The Balaban J connectivity index is 1.90. The van der Waals surface area contributed by atoms with Gasteiger partial charge in [-0.05, 0) is 18.2 Å². The van der Waals surface area contributed by atoms with Crippen molar-refractivity contribution < 1.29 is 28.7 Å². The molecule has 0 saturated carbocycles. The van der Waals surface area contributed by atoms with Crippen LogP contribution in [0, 0.1) is 10.1 Å². The lowest BCUT2D eigenvalue weighted by Gasteiger charge is -2.15. The number of nitro benzene ring substituents is 1. The highest BCUT2D eigenvalue weighted by molar-refractivity contribution is 6.00. The number of benzene rings is 3. The van der Waals surface area contributed by atoms with Crippen molar-refractivity contribution in [2.45, 2.75) is 6.54 Å². The van der Waals surface area contributed by atoms with Crippen LogP contribution in [0.25, 0.3) is 0 Å². The molecule has 0 atom stereocenters. The molecule has 0 heterocycles. The fourth-order valence-electron chi connectivity index (χ4n) is 3.13. The largest absolute Gasteiger partial charge is 0.493 e. The number of ether oxygens (including phenoxy) is 4. The van der Waals surface area contributed by atoms with Crippen LogP contribution < -0.4 is 24.3 Å². The maximum atomic E-state index is 12.9. The fraction of sp³-hybridized carbons (Fsp3) is 0.174. The molecule has 0 aromatic heterocycles. The van der Waals surface area contributed by atoms with Crippen LogP contribution in [0.3, 0.4) is 0 Å². The number of para-hydroxylation sites is 2. The number of amides is 1. The molecule has 1 N–H and O–H groups in total. The lowest BCUT2D eigenvalue weighted by atomic mass is 10.1. The molecule has 0 aliphatic heterocycles. The molecule has 0 aliphatic carbocycles. The summed E-state index contributed by atoms with van der Waals surface area (Å²) in [6.45, 7) is 0.0790. The molecule has 9 heteroatoms. The van der Waals surface area contributed by atoms with Gasteiger partial charge in [0.15, 0.2) is 5.75 Å². The zero-order valence-electron chi connectivity index (χ0n) is 17.8. The zero-order valence-corrected chi connectivity index (χ0v) is 17.8. The molecule has 32 heavy (non-hydrogen) atoms. The summed E-state index contributed by atoms with van der Waals surface area (Å²) in [6, 6.07) is 17.6. The van der Waals surface area contributed by atoms with Crippen LogP contribution in [-0.2, 0) is 6.54 Å². The van der Waals surface area contributed by atoms with Crippen molar-refractivity contribution in [1.82, 2.24) is 5.32 Å². The second-order valence-electron chi connectivity index (χ2n) is 6.50. The van der Waals surface area contributed by atoms with Gasteiger partial charge in [0.05, 0.1) is 26.3 Å². The molecule has 3 rings (SSSR count). The van der Waals surface area contributed by atoms with E-state index in [0.29, 0.717) is 17.1 Å². The van der Waals surface area contributed by atoms with E-state index < -0.39 is 16.5 Å². The maximum absolute atomic E-state index is 12.9. The average Bonchev–Trinajstić information content (AvgIpc) is 2.82. The van der Waals surface area contributed by atoms with E-state index >= 15 is 0 Å². The Morgan fingerprint density at radius 2 is 1.56 bits per heavy atom. The molecule has 9 nitrogen and oxygen atoms in total. The van der Waals surface area contributed by atoms with Crippen molar-refractivity contribution >= 4 is 11.6 Å². The third-order valence-electron chi connectivity index (χ3n) is 4.61. The molecule has 0 spiro atoms. The van der Waals surface area contributed by atoms with Gasteiger partial charge in [0.25, 0.3) is 5.91 Å². The predicted molar refractivity (Wildman–Crippen MR) is 117 cm³/mol. The summed E-state index contributed by atoms with van der Waals surface area (Å²) in [4.78, 5) is 24.0. The summed E-state index contributed by atoms with van der Waals surface area (Å²) in [5.74, 6) is 0.484. The normalized spacial score (nSPS) is 10.2. The first-order valence-electron chi connectivity index (χ1n) is 9.56. The SMILES string of the molecule is COc1cc(C(=O)NCc2ccccc2Oc2ccccc2)c([N+](=O)[O-])c(OC)c1OC. The summed E-state index contributed by atoms with van der Waals surface area (Å²) in [6.07, 6.45) is 0. The molecule has 0 fully saturated rings. The van der Waals surface area contributed by atoms with Gasteiger partial charge >= 0.3 is 5.69 Å². The number of rotatable bonds is 9. The average molecular weight is 438 g/mol. The molecular weight excluding hydrogens is 416 g/mol. The Bertz CT molecular complexity index is 1120. The van der Waals surface area contributed by atoms with Gasteiger partial charge < -0.3 is 24.3 Å². The van der Waals surface area contributed by atoms with Crippen LogP contribution in [0.2, 0.25) is 0 Å². The number of nitrogens with one attached hydrogen (secondary N) is 1. The molecule has 0 aliphatic rings. The van der Waals surface area contributed by atoms with Crippen molar-refractivity contribution in [1.29, 1.82) is 0 Å². The van der Waals surface area contributed by atoms with E-state index in [4.69, 9.17) is 18.9 Å². The number of hydrogen-bond acceptors (Lipinski definition) is 7. The molecule has 3 aromatic carbocycles. The number of hydrogen-bond donors (Lipinski definition) is 1. The summed E-state index contributed by atoms with van der Waals surface area (Å²) < 4.78 is 21.5. The highest BCUT2D eigenvalue weighted by Gasteiger charge is 2.32. The molecule has 0 bridgehead atoms. The smallest absolute Gasteiger partial charge is 0.327 e. The van der Waals surface area contributed by atoms with Crippen LogP contribution in [0.15, 0.2) is 60.7 Å². The third kappa shape index (κ3) is 4.72. The van der Waals surface area contributed by atoms with Crippen LogP contribution in [0.5, 0.6) is 28.7 Å². The van der Waals surface area contributed by atoms with Crippen molar-refractivity contribution in [3.63, 3.8) is 0 Å². The second-order valence-corrected chi connectivity index (χ2v) is 6.50. The number of nitrogens with zero attached hydrogens (tertiary/aromatic N) is 1. The summed E-state index contributed by atoms with van der Waals surface area (Å²) in [5, 5.41) is 14.4. The van der Waals surface area contributed by atoms with Gasteiger partial charge in [0.2, 0.25) is 11.5 Å². The van der Waals surface area contributed by atoms with E-state index in [2.05, 4.69) is 5.32 Å². The van der Waals surface area contributed by atoms with Gasteiger partial charge in [0.1, 0.15) is 17.1 Å². The minimum atomic E-state index is -0.692. The molecule has 166 valence electrons. The monoisotopic (exact) mass is 438 g/mol. The molecule has 0 unspecified atom stereocenters. The first-order chi connectivity index (χ1) is 15.5. The van der Waals surface area contributed by atoms with Crippen LogP contribution in [0.4, 0.5) is 5.69 Å². The van der Waals surface area contributed by atoms with E-state index in [1.165, 1.54) is 27.4 Å². The highest BCUT2D eigenvalue weighted by Crippen LogP contribution is 2.46. The molecule has 0 saturated heterocycles. The Morgan fingerprint density at radius 1 is 0.906 bits per heavy atom. The zero-order chi connectivity index (χ0) is 23.1. The predicted octanol–water partition coefficient (Wildman–Crippen LogP) is 4.34. The molecule has 3 aromatic rings. The van der Waals surface area contributed by atoms with Gasteiger partial charge in [-0.25, -0.2) is 0 Å². The number of nitro groups is 1. The summed E-state index contributed by atoms with van der Waals surface area (Å²) in [5.41, 5.74) is -0.0396. The minimum Gasteiger partial charge on any atom is -0.493 e. The Labute approximate surface area is 184 Å². The Hall–Kier alpha value is -4.27. The van der Waals surface area contributed by atoms with Crippen LogP contribution in [0.1, 0.15) is 15.9 Å².